The molecule has 8 aliphatic rings. The average molecular weight is 915 g/mol. The Morgan fingerprint density at radius 1 is 0.561 bits per heavy atom. The molecule has 0 saturated heterocycles. The van der Waals surface area contributed by atoms with Gasteiger partial charge in [-0.3, -0.25) is 9.59 Å². The maximum absolute atomic E-state index is 13.2. The van der Waals surface area contributed by atoms with Crippen LogP contribution in [0.1, 0.15) is 191 Å². The molecule has 8 saturated carbocycles. The van der Waals surface area contributed by atoms with E-state index < -0.39 is 36.1 Å². The van der Waals surface area contributed by atoms with Crippen molar-refractivity contribution >= 4 is 23.9 Å². The minimum absolute atomic E-state index is 0.0229. The first-order valence-electron chi connectivity index (χ1n) is 26.6. The van der Waals surface area contributed by atoms with E-state index in [1.165, 1.54) is 24.3 Å². The third-order valence-corrected chi connectivity index (χ3v) is 22.4. The van der Waals surface area contributed by atoms with Crippen molar-refractivity contribution in [2.45, 2.75) is 194 Å². The third kappa shape index (κ3) is 8.17. The van der Waals surface area contributed by atoms with E-state index in [1.807, 2.05) is 0 Å². The van der Waals surface area contributed by atoms with Gasteiger partial charge in [-0.15, -0.1) is 0 Å². The number of carbonyl (C=O) groups excluding carboxylic acids is 4. The van der Waals surface area contributed by atoms with Crippen LogP contribution in [0.25, 0.3) is 0 Å². The topological polar surface area (TPSA) is 168 Å². The maximum atomic E-state index is 13.2. The number of aliphatic hydroxyl groups is 4. The minimum Gasteiger partial charge on any atom is -0.393 e. The second-order valence-corrected chi connectivity index (χ2v) is 24.9. The van der Waals surface area contributed by atoms with Gasteiger partial charge in [0.25, 0.3) is 0 Å². The van der Waals surface area contributed by atoms with Crippen LogP contribution < -0.4 is 0 Å². The molecular formula is C56H82O10. The second-order valence-electron chi connectivity index (χ2n) is 24.9. The van der Waals surface area contributed by atoms with Gasteiger partial charge in [0.15, 0.2) is 0 Å². The van der Waals surface area contributed by atoms with E-state index in [-0.39, 0.29) is 81.5 Å². The molecule has 10 nitrogen and oxygen atoms in total. The van der Waals surface area contributed by atoms with E-state index in [9.17, 15) is 39.6 Å². The van der Waals surface area contributed by atoms with E-state index in [0.29, 0.717) is 60.2 Å². The standard InChI is InChI=1S/C56H82O10/c1-31(41-16-18-43-39-14-12-35-27-37(57)22-24-53(35,3)45(39)29-47(59)55(41,43)5)10-20-49(61)65-51(63)33-8-7-9-34(26-33)52(64)66-50(62)21-11-32(2)42-17-19-44-40-15-13-36-28-38(58)23-25-54(36,4)46(40)30-48(60)56(42,44)6/h7-9,26,31-32,35-48,57-60H,10-25,27-30H2,1-6H3/t31-,32-,35-,36-,37-,38-,39+,40+,41-,42-,43+,44+,45+,46+,47+,48+,53+,54+,55-,56-/m1/s1. The molecule has 8 aliphatic carbocycles. The third-order valence-electron chi connectivity index (χ3n) is 22.4. The molecule has 8 fully saturated rings. The second kappa shape index (κ2) is 18.3. The molecule has 9 rings (SSSR count). The van der Waals surface area contributed by atoms with Crippen molar-refractivity contribution in [3.8, 4) is 0 Å². The number of aliphatic hydroxyl groups excluding tert-OH is 4. The molecule has 0 unspecified atom stereocenters. The average Bonchev–Trinajstić information content (AvgIpc) is 3.84. The molecule has 1 aromatic carbocycles. The highest BCUT2D eigenvalue weighted by Crippen LogP contribution is 2.70. The van der Waals surface area contributed by atoms with Gasteiger partial charge in [0.1, 0.15) is 0 Å². The van der Waals surface area contributed by atoms with Crippen molar-refractivity contribution < 1.29 is 49.1 Å². The summed E-state index contributed by atoms with van der Waals surface area (Å²) in [6.45, 7) is 13.8. The van der Waals surface area contributed by atoms with Crippen LogP contribution >= 0.6 is 0 Å². The van der Waals surface area contributed by atoms with Crippen molar-refractivity contribution in [1.29, 1.82) is 0 Å². The molecule has 1 aromatic rings. The van der Waals surface area contributed by atoms with Crippen LogP contribution in [0.2, 0.25) is 0 Å². The van der Waals surface area contributed by atoms with Gasteiger partial charge in [0, 0.05) is 12.8 Å². The number of carbonyl (C=O) groups is 4. The Kier molecular flexibility index (Phi) is 13.4. The fraction of sp³-hybridized carbons (Fsp3) is 0.821. The van der Waals surface area contributed by atoms with E-state index in [4.69, 9.17) is 9.47 Å². The Labute approximate surface area is 394 Å². The van der Waals surface area contributed by atoms with Gasteiger partial charge in [-0.05, 0) is 226 Å². The monoisotopic (exact) mass is 915 g/mol. The summed E-state index contributed by atoms with van der Waals surface area (Å²) in [5.41, 5.74) is -0.0672. The molecule has 0 aliphatic heterocycles. The molecule has 0 amide bonds. The van der Waals surface area contributed by atoms with Gasteiger partial charge in [-0.2, -0.15) is 0 Å². The van der Waals surface area contributed by atoms with Crippen molar-refractivity contribution in [2.24, 2.45) is 92.7 Å². The van der Waals surface area contributed by atoms with E-state index in [0.717, 1.165) is 103 Å². The maximum Gasteiger partial charge on any atom is 0.345 e. The summed E-state index contributed by atoms with van der Waals surface area (Å²) >= 11 is 0. The predicted octanol–water partition coefficient (Wildman–Crippen LogP) is 9.87. The van der Waals surface area contributed by atoms with Crippen molar-refractivity contribution in [2.75, 3.05) is 0 Å². The summed E-state index contributed by atoms with van der Waals surface area (Å²) in [4.78, 5) is 52.6. The minimum atomic E-state index is -0.859. The normalized spacial score (nSPS) is 45.7. The first kappa shape index (κ1) is 48.4. The summed E-state index contributed by atoms with van der Waals surface area (Å²) in [7, 11) is 0. The fourth-order valence-electron chi connectivity index (χ4n) is 18.6. The molecule has 4 N–H and O–H groups in total. The van der Waals surface area contributed by atoms with Crippen LogP contribution in [-0.4, -0.2) is 68.7 Å². The summed E-state index contributed by atoms with van der Waals surface area (Å²) in [6, 6.07) is 5.76. The van der Waals surface area contributed by atoms with E-state index in [1.54, 1.807) is 0 Å². The zero-order valence-corrected chi connectivity index (χ0v) is 40.9. The lowest BCUT2D eigenvalue weighted by Gasteiger charge is -2.62. The summed E-state index contributed by atoms with van der Waals surface area (Å²) in [5, 5.41) is 44.8. The molecule has 0 heterocycles. The summed E-state index contributed by atoms with van der Waals surface area (Å²) < 4.78 is 10.6. The molecule has 0 bridgehead atoms. The van der Waals surface area contributed by atoms with Gasteiger partial charge < -0.3 is 29.9 Å². The largest absolute Gasteiger partial charge is 0.393 e. The van der Waals surface area contributed by atoms with E-state index >= 15 is 0 Å². The SMILES string of the molecule is C[C@H](CCC(=O)OC(=O)c1cccc(C(=O)OC(=O)CC[C@@H](C)[C@H]2CC[C@H]3[C@@H]4CC[C@@H]5C[C@H](O)CC[C@]5(C)[C@H]4C[C@H](O)[C@]23C)c1)[C@H]1CC[C@H]2[C@@H]3CC[C@@H]4C[C@H](O)CC[C@]4(C)[C@H]3C[C@H](O)[C@]12C. The zero-order chi connectivity index (χ0) is 47.1. The molecule has 20 atom stereocenters. The highest BCUT2D eigenvalue weighted by Gasteiger charge is 2.65. The molecule has 0 radical (unpaired) electrons. The number of benzene rings is 1. The number of fused-ring (bicyclic) bond motifs is 10. The summed E-state index contributed by atoms with van der Waals surface area (Å²) in [6.07, 6.45) is 16.0. The lowest BCUT2D eigenvalue weighted by atomic mass is 9.43. The van der Waals surface area contributed by atoms with Gasteiger partial charge in [0.2, 0.25) is 0 Å². The molecule has 10 heteroatoms. The van der Waals surface area contributed by atoms with Gasteiger partial charge in [-0.1, -0.05) is 47.6 Å². The Bertz CT molecular complexity index is 1870. The van der Waals surface area contributed by atoms with Gasteiger partial charge in [-0.25, -0.2) is 9.59 Å². The van der Waals surface area contributed by atoms with Crippen LogP contribution in [0.4, 0.5) is 0 Å². The van der Waals surface area contributed by atoms with Crippen LogP contribution in [0.5, 0.6) is 0 Å². The zero-order valence-electron chi connectivity index (χ0n) is 40.9. The van der Waals surface area contributed by atoms with Crippen molar-refractivity contribution in [3.63, 3.8) is 0 Å². The predicted molar refractivity (Wildman–Crippen MR) is 249 cm³/mol. The molecule has 66 heavy (non-hydrogen) atoms. The van der Waals surface area contributed by atoms with Crippen LogP contribution in [0.15, 0.2) is 24.3 Å². The number of esters is 4. The van der Waals surface area contributed by atoms with Crippen LogP contribution in [0.3, 0.4) is 0 Å². The first-order chi connectivity index (χ1) is 31.3. The molecule has 0 spiro atoms. The summed E-state index contributed by atoms with van der Waals surface area (Å²) in [5.74, 6) is 1.87. The lowest BCUT2D eigenvalue weighted by Crippen LogP contribution is -2.58. The molecule has 366 valence electrons. The number of rotatable bonds is 10. The number of ether oxygens (including phenoxy) is 2. The highest BCUT2D eigenvalue weighted by atomic mass is 16.6. The fourth-order valence-corrected chi connectivity index (χ4v) is 18.6. The Balaban J connectivity index is 0.738. The Morgan fingerprint density at radius 3 is 1.38 bits per heavy atom. The number of hydrogen-bond donors (Lipinski definition) is 4. The van der Waals surface area contributed by atoms with E-state index in [2.05, 4.69) is 41.5 Å². The van der Waals surface area contributed by atoms with Crippen molar-refractivity contribution in [1.82, 2.24) is 0 Å². The lowest BCUT2D eigenvalue weighted by molar-refractivity contribution is -0.175. The molecule has 0 aromatic heterocycles. The van der Waals surface area contributed by atoms with Crippen LogP contribution in [0, 0.1) is 92.7 Å². The van der Waals surface area contributed by atoms with Crippen LogP contribution in [-0.2, 0) is 19.1 Å². The quantitative estimate of drug-likeness (QED) is 0.131. The van der Waals surface area contributed by atoms with Gasteiger partial charge in [0.05, 0.1) is 35.5 Å². The van der Waals surface area contributed by atoms with Gasteiger partial charge >= 0.3 is 23.9 Å². The number of hydrogen-bond acceptors (Lipinski definition) is 10. The first-order valence-corrected chi connectivity index (χ1v) is 26.6. The Morgan fingerprint density at radius 2 is 0.970 bits per heavy atom. The highest BCUT2D eigenvalue weighted by molar-refractivity contribution is 6.01. The Hall–Kier alpha value is -2.66. The molecular weight excluding hydrogens is 833 g/mol. The smallest absolute Gasteiger partial charge is 0.345 e. The van der Waals surface area contributed by atoms with Crippen molar-refractivity contribution in [3.05, 3.63) is 35.4 Å².